The maximum Gasteiger partial charge on any atom is 0.314 e. The third kappa shape index (κ3) is 7.56. The standard InChI is InChI=1S/C33H44O2/c1-3-4-6-9-26-14-22-32(23-15-26)35-33(34)31-20-18-30(19-21-31)29-16-12-27(13-17-29)24-25(2)28-10-7-5-8-11-28/h3-5,7-8,10-11,14-15,22-23,25,27,29-31H,6,9,12-13,16-21,24H2,1-2H3/b4-3+. The summed E-state index contributed by atoms with van der Waals surface area (Å²) < 4.78 is 5.75. The SMILES string of the molecule is C/C=C/CCc1ccc(OC(=O)C2CCC(C3CCC(CC(C)c4ccccc4)CC3)CC2)cc1. The van der Waals surface area contributed by atoms with Gasteiger partial charge >= 0.3 is 5.97 Å². The topological polar surface area (TPSA) is 26.3 Å². The Bertz CT molecular complexity index is 913. The number of benzene rings is 2. The summed E-state index contributed by atoms with van der Waals surface area (Å²) in [7, 11) is 0. The lowest BCUT2D eigenvalue weighted by molar-refractivity contribution is -0.140. The van der Waals surface area contributed by atoms with Crippen molar-refractivity contribution in [1.82, 2.24) is 0 Å². The average molecular weight is 473 g/mol. The molecule has 2 aliphatic carbocycles. The molecule has 2 aliphatic rings. The predicted molar refractivity (Wildman–Crippen MR) is 146 cm³/mol. The van der Waals surface area contributed by atoms with Crippen molar-refractivity contribution >= 4 is 5.97 Å². The maximum atomic E-state index is 12.8. The van der Waals surface area contributed by atoms with Crippen molar-refractivity contribution < 1.29 is 9.53 Å². The Kier molecular flexibility index (Phi) is 9.63. The Morgan fingerprint density at radius 2 is 1.51 bits per heavy atom. The van der Waals surface area contributed by atoms with Crippen molar-refractivity contribution in [3.63, 3.8) is 0 Å². The quantitative estimate of drug-likeness (QED) is 0.207. The molecule has 2 aromatic carbocycles. The van der Waals surface area contributed by atoms with Crippen LogP contribution >= 0.6 is 0 Å². The molecule has 0 aliphatic heterocycles. The summed E-state index contributed by atoms with van der Waals surface area (Å²) in [6.07, 6.45) is 17.6. The minimum atomic E-state index is -0.0243. The molecule has 2 aromatic rings. The number of ether oxygens (including phenoxy) is 1. The van der Waals surface area contributed by atoms with Gasteiger partial charge in [0.15, 0.2) is 0 Å². The van der Waals surface area contributed by atoms with Crippen molar-refractivity contribution in [2.24, 2.45) is 23.7 Å². The zero-order valence-corrected chi connectivity index (χ0v) is 21.8. The molecular weight excluding hydrogens is 428 g/mol. The predicted octanol–water partition coefficient (Wildman–Crippen LogP) is 8.91. The molecule has 35 heavy (non-hydrogen) atoms. The molecular formula is C33H44O2. The summed E-state index contributed by atoms with van der Waals surface area (Å²) in [6, 6.07) is 19.1. The highest BCUT2D eigenvalue weighted by Gasteiger charge is 2.34. The Labute approximate surface area is 213 Å². The van der Waals surface area contributed by atoms with E-state index in [4.69, 9.17) is 4.74 Å². The molecule has 0 bridgehead atoms. The van der Waals surface area contributed by atoms with Crippen molar-refractivity contribution in [1.29, 1.82) is 0 Å². The van der Waals surface area contributed by atoms with Gasteiger partial charge in [-0.25, -0.2) is 0 Å². The minimum absolute atomic E-state index is 0.0243. The van der Waals surface area contributed by atoms with Gasteiger partial charge in [-0.2, -0.15) is 0 Å². The fraction of sp³-hybridized carbons (Fsp3) is 0.545. The number of rotatable bonds is 9. The van der Waals surface area contributed by atoms with E-state index in [1.54, 1.807) is 0 Å². The van der Waals surface area contributed by atoms with E-state index in [2.05, 4.69) is 68.5 Å². The Morgan fingerprint density at radius 3 is 2.14 bits per heavy atom. The summed E-state index contributed by atoms with van der Waals surface area (Å²) in [5.41, 5.74) is 2.77. The highest BCUT2D eigenvalue weighted by molar-refractivity contribution is 5.75. The molecule has 2 heteroatoms. The third-order valence-electron chi connectivity index (χ3n) is 8.70. The van der Waals surface area contributed by atoms with Gasteiger partial charge in [-0.1, -0.05) is 74.4 Å². The number of carbonyl (C=O) groups excluding carboxylic acids is 1. The second-order valence-electron chi connectivity index (χ2n) is 11.1. The summed E-state index contributed by atoms with van der Waals surface area (Å²) in [4.78, 5) is 12.8. The number of allylic oxidation sites excluding steroid dienone is 2. The molecule has 2 nitrogen and oxygen atoms in total. The zero-order valence-electron chi connectivity index (χ0n) is 21.8. The van der Waals surface area contributed by atoms with Crippen LogP contribution < -0.4 is 4.74 Å². The highest BCUT2D eigenvalue weighted by atomic mass is 16.5. The number of aryl methyl sites for hydroxylation is 1. The Morgan fingerprint density at radius 1 is 0.886 bits per heavy atom. The van der Waals surface area contributed by atoms with E-state index in [9.17, 15) is 4.79 Å². The van der Waals surface area contributed by atoms with Gasteiger partial charge in [-0.15, -0.1) is 0 Å². The second-order valence-corrected chi connectivity index (χ2v) is 11.1. The van der Waals surface area contributed by atoms with Crippen LogP contribution in [0.5, 0.6) is 5.75 Å². The van der Waals surface area contributed by atoms with E-state index in [0.29, 0.717) is 11.7 Å². The van der Waals surface area contributed by atoms with Crippen LogP contribution in [0.1, 0.15) is 95.1 Å². The van der Waals surface area contributed by atoms with Crippen LogP contribution in [0.25, 0.3) is 0 Å². The van der Waals surface area contributed by atoms with E-state index >= 15 is 0 Å². The van der Waals surface area contributed by atoms with Gasteiger partial charge in [0.2, 0.25) is 0 Å². The van der Waals surface area contributed by atoms with Gasteiger partial charge < -0.3 is 4.74 Å². The van der Waals surface area contributed by atoms with Gasteiger partial charge in [-0.3, -0.25) is 4.79 Å². The molecule has 0 heterocycles. The van der Waals surface area contributed by atoms with E-state index in [1.165, 1.54) is 56.1 Å². The molecule has 2 fully saturated rings. The molecule has 1 unspecified atom stereocenters. The molecule has 1 atom stereocenters. The number of hydrogen-bond donors (Lipinski definition) is 0. The van der Waals surface area contributed by atoms with Crippen molar-refractivity contribution in [3.8, 4) is 5.75 Å². The first-order chi connectivity index (χ1) is 17.1. The molecule has 0 amide bonds. The molecule has 0 spiro atoms. The average Bonchev–Trinajstić information content (AvgIpc) is 2.91. The van der Waals surface area contributed by atoms with E-state index in [1.807, 2.05) is 12.1 Å². The lowest BCUT2D eigenvalue weighted by Crippen LogP contribution is -2.30. The minimum Gasteiger partial charge on any atom is -0.426 e. The van der Waals surface area contributed by atoms with Gasteiger partial charge in [0, 0.05) is 0 Å². The van der Waals surface area contributed by atoms with Crippen LogP contribution in [0.4, 0.5) is 0 Å². The first-order valence-electron chi connectivity index (χ1n) is 14.1. The van der Waals surface area contributed by atoms with Crippen LogP contribution in [-0.2, 0) is 11.2 Å². The lowest BCUT2D eigenvalue weighted by atomic mass is 9.68. The summed E-state index contributed by atoms with van der Waals surface area (Å²) in [5.74, 6) is 3.95. The Hall–Kier alpha value is -2.35. The zero-order chi connectivity index (χ0) is 24.5. The van der Waals surface area contributed by atoms with Gasteiger partial charge in [0.1, 0.15) is 5.75 Å². The van der Waals surface area contributed by atoms with E-state index < -0.39 is 0 Å². The van der Waals surface area contributed by atoms with Crippen LogP contribution in [-0.4, -0.2) is 5.97 Å². The molecule has 188 valence electrons. The molecule has 4 rings (SSSR count). The number of carbonyl (C=O) groups is 1. The second kappa shape index (κ2) is 13.1. The first kappa shape index (κ1) is 25.7. The van der Waals surface area contributed by atoms with Gasteiger partial charge in [0.05, 0.1) is 5.92 Å². The van der Waals surface area contributed by atoms with Gasteiger partial charge in [-0.05, 0) is 112 Å². The monoisotopic (exact) mass is 472 g/mol. The summed E-state index contributed by atoms with van der Waals surface area (Å²) in [6.45, 7) is 4.44. The maximum absolute atomic E-state index is 12.8. The van der Waals surface area contributed by atoms with E-state index in [-0.39, 0.29) is 11.9 Å². The Balaban J connectivity index is 1.16. The molecule has 0 N–H and O–H groups in total. The van der Waals surface area contributed by atoms with Crippen molar-refractivity contribution in [3.05, 3.63) is 77.9 Å². The highest BCUT2D eigenvalue weighted by Crippen LogP contribution is 2.43. The largest absolute Gasteiger partial charge is 0.426 e. The normalized spacial score (nSPS) is 25.9. The summed E-state index contributed by atoms with van der Waals surface area (Å²) >= 11 is 0. The first-order valence-corrected chi connectivity index (χ1v) is 14.1. The van der Waals surface area contributed by atoms with Crippen LogP contribution in [0.2, 0.25) is 0 Å². The molecule has 0 saturated heterocycles. The van der Waals surface area contributed by atoms with E-state index in [0.717, 1.165) is 43.4 Å². The number of esters is 1. The van der Waals surface area contributed by atoms with Crippen molar-refractivity contribution in [2.45, 2.75) is 90.4 Å². The smallest absolute Gasteiger partial charge is 0.314 e. The van der Waals surface area contributed by atoms with Gasteiger partial charge in [0.25, 0.3) is 0 Å². The molecule has 0 aromatic heterocycles. The molecule has 2 saturated carbocycles. The van der Waals surface area contributed by atoms with Crippen molar-refractivity contribution in [2.75, 3.05) is 0 Å². The van der Waals surface area contributed by atoms with Crippen LogP contribution in [0, 0.1) is 23.7 Å². The summed E-state index contributed by atoms with van der Waals surface area (Å²) in [5, 5.41) is 0. The fourth-order valence-corrected chi connectivity index (χ4v) is 6.48. The van der Waals surface area contributed by atoms with Crippen LogP contribution in [0.15, 0.2) is 66.7 Å². The molecule has 0 radical (unpaired) electrons. The van der Waals surface area contributed by atoms with Crippen LogP contribution in [0.3, 0.4) is 0 Å². The lowest BCUT2D eigenvalue weighted by Gasteiger charge is -2.38. The third-order valence-corrected chi connectivity index (χ3v) is 8.70. The fourth-order valence-electron chi connectivity index (χ4n) is 6.48. The number of hydrogen-bond acceptors (Lipinski definition) is 2.